The molecule has 0 atom stereocenters. The van der Waals surface area contributed by atoms with Crippen LogP contribution < -0.4 is 10.5 Å². The summed E-state index contributed by atoms with van der Waals surface area (Å²) in [7, 11) is 1.32. The molecule has 6 heteroatoms. The van der Waals surface area contributed by atoms with Gasteiger partial charge in [0.25, 0.3) is 0 Å². The summed E-state index contributed by atoms with van der Waals surface area (Å²) in [5.41, 5.74) is 9.34. The largest absolute Gasteiger partial charge is 0.473 e. The van der Waals surface area contributed by atoms with Crippen molar-refractivity contribution in [1.29, 1.82) is 0 Å². The van der Waals surface area contributed by atoms with E-state index in [9.17, 15) is 4.79 Å². The molecule has 2 aromatic carbocycles. The first-order valence-electron chi connectivity index (χ1n) is 8.13. The van der Waals surface area contributed by atoms with Gasteiger partial charge in [-0.2, -0.15) is 0 Å². The summed E-state index contributed by atoms with van der Waals surface area (Å²) in [5.74, 6) is 0.0330. The molecule has 0 aliphatic carbocycles. The predicted molar refractivity (Wildman–Crippen MR) is 100 cm³/mol. The normalized spacial score (nSPS) is 11.0. The Morgan fingerprint density at radius 2 is 1.92 bits per heavy atom. The number of nitrogens with two attached hydrogens (primary N) is 1. The van der Waals surface area contributed by atoms with E-state index in [-0.39, 0.29) is 5.69 Å². The summed E-state index contributed by atoms with van der Waals surface area (Å²) in [6.07, 6.45) is 0. The SMILES string of the molecule is COC(=O)c1[nH]c2ccc3nc(OCc4ccccc4)ccc3c2c1N. The van der Waals surface area contributed by atoms with E-state index < -0.39 is 5.97 Å². The summed E-state index contributed by atoms with van der Waals surface area (Å²) in [6.45, 7) is 0.445. The zero-order chi connectivity index (χ0) is 18.1. The number of hydrogen-bond acceptors (Lipinski definition) is 5. The topological polar surface area (TPSA) is 90.2 Å². The molecule has 0 aliphatic heterocycles. The first-order valence-corrected chi connectivity index (χ1v) is 8.13. The van der Waals surface area contributed by atoms with Crippen molar-refractivity contribution >= 4 is 33.5 Å². The Morgan fingerprint density at radius 1 is 1.12 bits per heavy atom. The summed E-state index contributed by atoms with van der Waals surface area (Å²) in [4.78, 5) is 19.4. The Morgan fingerprint density at radius 3 is 2.69 bits per heavy atom. The maximum atomic E-state index is 11.8. The Bertz CT molecular complexity index is 1100. The molecule has 2 aromatic heterocycles. The maximum Gasteiger partial charge on any atom is 0.356 e. The number of ether oxygens (including phenoxy) is 2. The third kappa shape index (κ3) is 2.71. The van der Waals surface area contributed by atoms with Crippen LogP contribution in [0, 0.1) is 0 Å². The highest BCUT2D eigenvalue weighted by molar-refractivity contribution is 6.16. The third-order valence-corrected chi connectivity index (χ3v) is 4.26. The maximum absolute atomic E-state index is 11.8. The second kappa shape index (κ2) is 6.40. The molecule has 0 fully saturated rings. The Balaban J connectivity index is 1.71. The van der Waals surface area contributed by atoms with Crippen LogP contribution in [0.3, 0.4) is 0 Å². The van der Waals surface area contributed by atoms with Gasteiger partial charge >= 0.3 is 5.97 Å². The number of nitrogens with one attached hydrogen (secondary N) is 1. The van der Waals surface area contributed by atoms with Crippen LogP contribution in [0.2, 0.25) is 0 Å². The van der Waals surface area contributed by atoms with Crippen LogP contribution in [0.4, 0.5) is 5.69 Å². The number of H-pyrrole nitrogens is 1. The zero-order valence-electron chi connectivity index (χ0n) is 14.2. The van der Waals surface area contributed by atoms with Gasteiger partial charge in [0.1, 0.15) is 12.3 Å². The fourth-order valence-corrected chi connectivity index (χ4v) is 2.98. The minimum atomic E-state index is -0.498. The van der Waals surface area contributed by atoms with Crippen molar-refractivity contribution in [2.45, 2.75) is 6.61 Å². The van der Waals surface area contributed by atoms with Crippen molar-refractivity contribution in [2.75, 3.05) is 12.8 Å². The number of anilines is 1. The first-order chi connectivity index (χ1) is 12.7. The summed E-state index contributed by atoms with van der Waals surface area (Å²) in [5, 5.41) is 1.60. The van der Waals surface area contributed by atoms with E-state index in [0.717, 1.165) is 27.4 Å². The highest BCUT2D eigenvalue weighted by Gasteiger charge is 2.18. The van der Waals surface area contributed by atoms with Crippen molar-refractivity contribution in [3.05, 3.63) is 65.9 Å². The number of nitrogen functional groups attached to an aromatic ring is 1. The van der Waals surface area contributed by atoms with Crippen molar-refractivity contribution in [3.8, 4) is 5.88 Å². The van der Waals surface area contributed by atoms with Crippen molar-refractivity contribution in [1.82, 2.24) is 9.97 Å². The number of carbonyl (C=O) groups is 1. The minimum Gasteiger partial charge on any atom is -0.473 e. The Kier molecular flexibility index (Phi) is 3.93. The van der Waals surface area contributed by atoms with Crippen LogP contribution in [0.25, 0.3) is 21.8 Å². The molecule has 0 aliphatic rings. The van der Waals surface area contributed by atoms with Crippen molar-refractivity contribution in [2.24, 2.45) is 0 Å². The summed E-state index contributed by atoms with van der Waals surface area (Å²) >= 11 is 0. The first kappa shape index (κ1) is 16.0. The smallest absolute Gasteiger partial charge is 0.356 e. The summed E-state index contributed by atoms with van der Waals surface area (Å²) < 4.78 is 10.5. The van der Waals surface area contributed by atoms with E-state index in [1.54, 1.807) is 6.07 Å². The van der Waals surface area contributed by atoms with Gasteiger partial charge in [-0.15, -0.1) is 0 Å². The monoisotopic (exact) mass is 347 g/mol. The van der Waals surface area contributed by atoms with Crippen LogP contribution in [0.1, 0.15) is 16.1 Å². The number of benzene rings is 2. The van der Waals surface area contributed by atoms with Gasteiger partial charge in [0, 0.05) is 22.4 Å². The summed E-state index contributed by atoms with van der Waals surface area (Å²) in [6, 6.07) is 17.3. The molecule has 0 unspecified atom stereocenters. The molecule has 3 N–H and O–H groups in total. The van der Waals surface area contributed by atoms with Gasteiger partial charge in [-0.25, -0.2) is 9.78 Å². The number of rotatable bonds is 4. The number of carbonyl (C=O) groups excluding carboxylic acids is 1. The highest BCUT2D eigenvalue weighted by Crippen LogP contribution is 2.32. The van der Waals surface area contributed by atoms with Crippen molar-refractivity contribution < 1.29 is 14.3 Å². The van der Waals surface area contributed by atoms with E-state index in [1.165, 1.54) is 7.11 Å². The molecule has 4 aromatic rings. The van der Waals surface area contributed by atoms with Crippen LogP contribution in [0.5, 0.6) is 5.88 Å². The molecule has 26 heavy (non-hydrogen) atoms. The lowest BCUT2D eigenvalue weighted by Crippen LogP contribution is -2.04. The number of methoxy groups -OCH3 is 1. The highest BCUT2D eigenvalue weighted by atomic mass is 16.5. The quantitative estimate of drug-likeness (QED) is 0.550. The number of esters is 1. The number of aromatic amines is 1. The third-order valence-electron chi connectivity index (χ3n) is 4.26. The molecule has 0 amide bonds. The van der Waals surface area contributed by atoms with Gasteiger partial charge in [0.15, 0.2) is 0 Å². The Labute approximate surface area is 149 Å². The number of pyridine rings is 1. The van der Waals surface area contributed by atoms with Gasteiger partial charge in [-0.1, -0.05) is 30.3 Å². The van der Waals surface area contributed by atoms with E-state index in [1.807, 2.05) is 48.5 Å². The molecule has 4 rings (SSSR count). The average Bonchev–Trinajstić information content (AvgIpc) is 3.03. The van der Waals surface area contributed by atoms with Gasteiger partial charge in [0.05, 0.1) is 18.3 Å². The zero-order valence-corrected chi connectivity index (χ0v) is 14.2. The van der Waals surface area contributed by atoms with Gasteiger partial charge in [-0.3, -0.25) is 0 Å². The number of hydrogen-bond donors (Lipinski definition) is 2. The molecule has 0 radical (unpaired) electrons. The molecule has 6 nitrogen and oxygen atoms in total. The van der Waals surface area contributed by atoms with Crippen LogP contribution in [0.15, 0.2) is 54.6 Å². The molecule has 0 bridgehead atoms. The van der Waals surface area contributed by atoms with Crippen LogP contribution in [-0.2, 0) is 11.3 Å². The van der Waals surface area contributed by atoms with E-state index in [4.69, 9.17) is 15.2 Å². The molecule has 130 valence electrons. The molecule has 0 saturated carbocycles. The van der Waals surface area contributed by atoms with Crippen molar-refractivity contribution in [3.63, 3.8) is 0 Å². The van der Waals surface area contributed by atoms with Gasteiger partial charge in [0.2, 0.25) is 5.88 Å². The second-order valence-corrected chi connectivity index (χ2v) is 5.88. The lowest BCUT2D eigenvalue weighted by atomic mass is 10.1. The molecular weight excluding hydrogens is 330 g/mol. The van der Waals surface area contributed by atoms with Crippen LogP contribution in [-0.4, -0.2) is 23.0 Å². The van der Waals surface area contributed by atoms with Gasteiger partial charge < -0.3 is 20.2 Å². The second-order valence-electron chi connectivity index (χ2n) is 5.88. The number of aromatic nitrogens is 2. The number of nitrogens with zero attached hydrogens (tertiary/aromatic N) is 1. The fraction of sp³-hybridized carbons (Fsp3) is 0.100. The van der Waals surface area contributed by atoms with E-state index in [0.29, 0.717) is 18.2 Å². The van der Waals surface area contributed by atoms with E-state index in [2.05, 4.69) is 9.97 Å². The van der Waals surface area contributed by atoms with Crippen LogP contribution >= 0.6 is 0 Å². The number of fused-ring (bicyclic) bond motifs is 3. The molecule has 0 saturated heterocycles. The van der Waals surface area contributed by atoms with E-state index >= 15 is 0 Å². The predicted octanol–water partition coefficient (Wildman–Crippen LogP) is 3.66. The molecule has 2 heterocycles. The molecule has 0 spiro atoms. The van der Waals surface area contributed by atoms with Gasteiger partial charge in [-0.05, 0) is 23.8 Å². The average molecular weight is 347 g/mol. The molecular formula is C20H17N3O3. The lowest BCUT2D eigenvalue weighted by molar-refractivity contribution is 0.0596. The Hall–Kier alpha value is -3.54. The standard InChI is InChI=1S/C20H17N3O3/c1-25-20(24)19-18(21)17-13-7-10-16(22-14(13)8-9-15(17)23-19)26-11-12-5-3-2-4-6-12/h2-10,23H,11,21H2,1H3. The minimum absolute atomic E-state index is 0.249. The fourth-order valence-electron chi connectivity index (χ4n) is 2.98. The lowest BCUT2D eigenvalue weighted by Gasteiger charge is -2.07.